The quantitative estimate of drug-likeness (QED) is 0.672. The number of carbonyl (C=O) groups excluding carboxylic acids is 2. The van der Waals surface area contributed by atoms with Gasteiger partial charge >= 0.3 is 5.97 Å². The Balaban J connectivity index is 0.00000364. The predicted molar refractivity (Wildman–Crippen MR) is 110 cm³/mol. The summed E-state index contributed by atoms with van der Waals surface area (Å²) >= 11 is 0. The predicted octanol–water partition coefficient (Wildman–Crippen LogP) is 2.56. The van der Waals surface area contributed by atoms with Crippen molar-refractivity contribution in [2.45, 2.75) is 45.7 Å². The van der Waals surface area contributed by atoms with Crippen LogP contribution in [0.5, 0.6) is 0 Å². The zero-order chi connectivity index (χ0) is 19.3. The fourth-order valence-electron chi connectivity index (χ4n) is 3.02. The molecule has 3 N–H and O–H groups in total. The van der Waals surface area contributed by atoms with Crippen LogP contribution in [0.1, 0.15) is 32.8 Å². The van der Waals surface area contributed by atoms with Gasteiger partial charge in [0.05, 0.1) is 12.6 Å². The Morgan fingerprint density at radius 2 is 1.93 bits per heavy atom. The molecule has 0 saturated carbocycles. The van der Waals surface area contributed by atoms with Gasteiger partial charge in [0.25, 0.3) is 0 Å². The maximum atomic E-state index is 12.5. The number of rotatable bonds is 8. The molecule has 0 saturated heterocycles. The van der Waals surface area contributed by atoms with Gasteiger partial charge < -0.3 is 20.4 Å². The standard InChI is InChI=1S/C20H29N3O3.ClH/c1-5-13(3)18(21)19(24)22-16(20(25)26-6-2)11-14-12-23(4)17-10-8-7-9-15(14)17;/h7-10,12-13,16,18H,5-6,11,21H2,1-4H3,(H,22,24);1H/t13-,16+,18-;/m0./s1. The summed E-state index contributed by atoms with van der Waals surface area (Å²) < 4.78 is 7.17. The molecule has 6 nitrogen and oxygen atoms in total. The summed E-state index contributed by atoms with van der Waals surface area (Å²) in [5.74, 6) is -0.724. The highest BCUT2D eigenvalue weighted by molar-refractivity contribution is 5.89. The first-order valence-corrected chi connectivity index (χ1v) is 9.14. The second-order valence-corrected chi connectivity index (χ2v) is 6.71. The Morgan fingerprint density at radius 3 is 2.56 bits per heavy atom. The molecule has 0 aliphatic rings. The highest BCUT2D eigenvalue weighted by atomic mass is 35.5. The molecule has 1 aromatic heterocycles. The van der Waals surface area contributed by atoms with Crippen LogP contribution in [0.4, 0.5) is 0 Å². The van der Waals surface area contributed by atoms with E-state index in [1.165, 1.54) is 0 Å². The smallest absolute Gasteiger partial charge is 0.328 e. The van der Waals surface area contributed by atoms with E-state index >= 15 is 0 Å². The summed E-state index contributed by atoms with van der Waals surface area (Å²) in [6, 6.07) is 6.56. The summed E-state index contributed by atoms with van der Waals surface area (Å²) in [6.45, 7) is 5.92. The number of halogens is 1. The molecule has 2 rings (SSSR count). The van der Waals surface area contributed by atoms with Crippen LogP contribution in [0.3, 0.4) is 0 Å². The SMILES string of the molecule is CCOC(=O)[C@@H](Cc1cn(C)c2ccccc12)NC(=O)[C@@H](N)[C@@H](C)CC.Cl. The Labute approximate surface area is 166 Å². The van der Waals surface area contributed by atoms with Gasteiger partial charge in [0.15, 0.2) is 0 Å². The number of nitrogens with zero attached hydrogens (tertiary/aromatic N) is 1. The van der Waals surface area contributed by atoms with Gasteiger partial charge in [-0.2, -0.15) is 0 Å². The molecule has 2 aromatic rings. The zero-order valence-corrected chi connectivity index (χ0v) is 17.2. The topological polar surface area (TPSA) is 86.3 Å². The Morgan fingerprint density at radius 1 is 1.26 bits per heavy atom. The van der Waals surface area contributed by atoms with E-state index in [2.05, 4.69) is 5.32 Å². The van der Waals surface area contributed by atoms with Crippen molar-refractivity contribution in [1.29, 1.82) is 0 Å². The van der Waals surface area contributed by atoms with Crippen molar-refractivity contribution in [2.24, 2.45) is 18.7 Å². The maximum Gasteiger partial charge on any atom is 0.328 e. The number of ether oxygens (including phenoxy) is 1. The first-order valence-electron chi connectivity index (χ1n) is 9.14. The average molecular weight is 396 g/mol. The van der Waals surface area contributed by atoms with E-state index in [4.69, 9.17) is 10.5 Å². The second-order valence-electron chi connectivity index (χ2n) is 6.71. The van der Waals surface area contributed by atoms with Gasteiger partial charge in [0.2, 0.25) is 5.91 Å². The van der Waals surface area contributed by atoms with Crippen LogP contribution in [0.15, 0.2) is 30.5 Å². The van der Waals surface area contributed by atoms with Crippen LogP contribution >= 0.6 is 12.4 Å². The minimum Gasteiger partial charge on any atom is -0.464 e. The number of benzene rings is 1. The number of aryl methyl sites for hydroxylation is 1. The highest BCUT2D eigenvalue weighted by Gasteiger charge is 2.28. The summed E-state index contributed by atoms with van der Waals surface area (Å²) in [5.41, 5.74) is 8.07. The molecule has 1 amide bonds. The molecule has 0 bridgehead atoms. The molecule has 0 spiro atoms. The molecule has 0 aliphatic heterocycles. The van der Waals surface area contributed by atoms with E-state index in [9.17, 15) is 9.59 Å². The summed E-state index contributed by atoms with van der Waals surface area (Å²) in [6.07, 6.45) is 3.14. The molecule has 1 aromatic carbocycles. The lowest BCUT2D eigenvalue weighted by Gasteiger charge is -2.22. The lowest BCUT2D eigenvalue weighted by atomic mass is 9.98. The van der Waals surface area contributed by atoms with Crippen LogP contribution in [0, 0.1) is 5.92 Å². The number of carbonyl (C=O) groups is 2. The van der Waals surface area contributed by atoms with Gasteiger partial charge in [-0.1, -0.05) is 38.5 Å². The average Bonchev–Trinajstić information content (AvgIpc) is 2.96. The van der Waals surface area contributed by atoms with Crippen molar-refractivity contribution in [1.82, 2.24) is 9.88 Å². The number of amides is 1. The van der Waals surface area contributed by atoms with E-state index in [0.29, 0.717) is 6.42 Å². The van der Waals surface area contributed by atoms with Crippen LogP contribution in [-0.4, -0.2) is 35.1 Å². The van der Waals surface area contributed by atoms with Crippen molar-refractivity contribution < 1.29 is 14.3 Å². The number of aromatic nitrogens is 1. The van der Waals surface area contributed by atoms with E-state index in [1.54, 1.807) is 6.92 Å². The molecule has 0 radical (unpaired) electrons. The van der Waals surface area contributed by atoms with E-state index < -0.39 is 18.1 Å². The molecule has 150 valence electrons. The second kappa shape index (κ2) is 10.3. The van der Waals surface area contributed by atoms with E-state index in [1.807, 2.05) is 55.9 Å². The van der Waals surface area contributed by atoms with Crippen molar-refractivity contribution in [2.75, 3.05) is 6.61 Å². The lowest BCUT2D eigenvalue weighted by molar-refractivity contribution is -0.147. The molecule has 27 heavy (non-hydrogen) atoms. The molecular weight excluding hydrogens is 366 g/mol. The molecule has 1 heterocycles. The number of nitrogens with two attached hydrogens (primary N) is 1. The van der Waals surface area contributed by atoms with Crippen molar-refractivity contribution in [3.63, 3.8) is 0 Å². The van der Waals surface area contributed by atoms with Crippen molar-refractivity contribution in [3.8, 4) is 0 Å². The van der Waals surface area contributed by atoms with Crippen LogP contribution in [0.25, 0.3) is 10.9 Å². The Hall–Kier alpha value is -2.05. The van der Waals surface area contributed by atoms with Crippen LogP contribution in [0.2, 0.25) is 0 Å². The van der Waals surface area contributed by atoms with E-state index in [-0.39, 0.29) is 30.8 Å². The van der Waals surface area contributed by atoms with Crippen LogP contribution < -0.4 is 11.1 Å². The summed E-state index contributed by atoms with van der Waals surface area (Å²) in [5, 5.41) is 3.85. The van der Waals surface area contributed by atoms with Crippen molar-refractivity contribution in [3.05, 3.63) is 36.0 Å². The van der Waals surface area contributed by atoms with Gasteiger partial charge in [0, 0.05) is 30.6 Å². The van der Waals surface area contributed by atoms with Crippen molar-refractivity contribution >= 4 is 35.2 Å². The number of fused-ring (bicyclic) bond motifs is 1. The molecule has 0 unspecified atom stereocenters. The monoisotopic (exact) mass is 395 g/mol. The first kappa shape index (κ1) is 23.0. The number of hydrogen-bond donors (Lipinski definition) is 2. The Kier molecular flexibility index (Phi) is 8.79. The minimum atomic E-state index is -0.761. The summed E-state index contributed by atoms with van der Waals surface area (Å²) in [7, 11) is 1.96. The van der Waals surface area contributed by atoms with Gasteiger partial charge in [-0.25, -0.2) is 4.79 Å². The van der Waals surface area contributed by atoms with Gasteiger partial charge in [-0.05, 0) is 24.5 Å². The normalized spacial score (nSPS) is 14.1. The van der Waals surface area contributed by atoms with Gasteiger partial charge in [-0.15, -0.1) is 12.4 Å². The number of esters is 1. The van der Waals surface area contributed by atoms with Gasteiger partial charge in [0.1, 0.15) is 6.04 Å². The molecule has 7 heteroatoms. The van der Waals surface area contributed by atoms with Gasteiger partial charge in [-0.3, -0.25) is 4.79 Å². The first-order chi connectivity index (χ1) is 12.4. The number of para-hydroxylation sites is 1. The fourth-order valence-corrected chi connectivity index (χ4v) is 3.02. The maximum absolute atomic E-state index is 12.5. The molecule has 0 aliphatic carbocycles. The van der Waals surface area contributed by atoms with Crippen LogP contribution in [-0.2, 0) is 27.8 Å². The third kappa shape index (κ3) is 5.47. The molecule has 3 atom stereocenters. The third-order valence-corrected chi connectivity index (χ3v) is 4.85. The lowest BCUT2D eigenvalue weighted by Crippen LogP contribution is -2.51. The fraction of sp³-hybridized carbons (Fsp3) is 0.500. The zero-order valence-electron chi connectivity index (χ0n) is 16.4. The number of hydrogen-bond acceptors (Lipinski definition) is 4. The highest BCUT2D eigenvalue weighted by Crippen LogP contribution is 2.22. The minimum absolute atomic E-state index is 0. The Bertz CT molecular complexity index is 775. The van der Waals surface area contributed by atoms with E-state index in [0.717, 1.165) is 22.9 Å². The molecule has 0 fully saturated rings. The third-order valence-electron chi connectivity index (χ3n) is 4.85. The summed E-state index contributed by atoms with van der Waals surface area (Å²) in [4.78, 5) is 24.9. The molecular formula is C20H30ClN3O3. The number of nitrogens with one attached hydrogen (secondary N) is 1. The largest absolute Gasteiger partial charge is 0.464 e.